The minimum absolute atomic E-state index is 0. The number of halogens is 2. The molecule has 0 fully saturated rings. The number of hydrogen-bond donors (Lipinski definition) is 2. The number of quaternary nitrogens is 2. The van der Waals surface area contributed by atoms with Crippen LogP contribution in [0.4, 0.5) is 0 Å². The van der Waals surface area contributed by atoms with Gasteiger partial charge < -0.3 is 33.2 Å². The molecule has 10 heteroatoms. The highest BCUT2D eigenvalue weighted by atomic mass is 35.5. The summed E-state index contributed by atoms with van der Waals surface area (Å²) in [5, 5.41) is 16.8. The second-order valence-corrected chi connectivity index (χ2v) is 6.23. The van der Waals surface area contributed by atoms with Crippen LogP contribution in [-0.2, 0) is 4.46 Å². The number of aliphatic hydroxyl groups is 2. The summed E-state index contributed by atoms with van der Waals surface area (Å²) >= 11 is 0. The minimum Gasteiger partial charge on any atom is -0.672 e. The summed E-state index contributed by atoms with van der Waals surface area (Å²) in [5.41, 5.74) is 0. The molecule has 0 aromatic heterocycles. The maximum atomic E-state index is 8.52. The first-order valence-corrected chi connectivity index (χ1v) is 6.79. The van der Waals surface area contributed by atoms with Gasteiger partial charge in [0.2, 0.25) is 0 Å². The Morgan fingerprint density at radius 2 is 0.950 bits per heavy atom. The number of nitrogens with zero attached hydrogens (tertiary/aromatic N) is 2. The molecule has 0 aliphatic rings. The fraction of sp³-hybridized carbons (Fsp3) is 1.00. The molecule has 0 atom stereocenters. The molecule has 0 saturated heterocycles. The molecule has 2 N–H and O–H groups in total. The van der Waals surface area contributed by atoms with Gasteiger partial charge in [0.1, 0.15) is 13.1 Å². The van der Waals surface area contributed by atoms with Crippen LogP contribution >= 0.6 is 24.8 Å². The van der Waals surface area contributed by atoms with Gasteiger partial charge in [-0.15, -0.1) is 24.8 Å². The molecule has 0 aromatic rings. The van der Waals surface area contributed by atoms with Crippen LogP contribution in [0.25, 0.3) is 0 Å². The Balaban J connectivity index is -0.0000000555. The predicted molar refractivity (Wildman–Crippen MR) is 80.9 cm³/mol. The molecule has 0 amide bonds. The van der Waals surface area contributed by atoms with Gasteiger partial charge >= 0.3 is 0 Å². The highest BCUT2D eigenvalue weighted by Crippen LogP contribution is 1.85. The van der Waals surface area contributed by atoms with E-state index in [1.165, 1.54) is 0 Å². The van der Waals surface area contributed by atoms with E-state index >= 15 is 0 Å². The van der Waals surface area contributed by atoms with E-state index in [0.717, 1.165) is 22.1 Å². The van der Waals surface area contributed by atoms with Crippen molar-refractivity contribution in [2.45, 2.75) is 0 Å². The highest BCUT2D eigenvalue weighted by molar-refractivity contribution is 6.17. The molecule has 0 saturated carbocycles. The van der Waals surface area contributed by atoms with Crippen LogP contribution in [0.15, 0.2) is 0 Å². The molecule has 0 heterocycles. The zero-order chi connectivity index (χ0) is 15.4. The Morgan fingerprint density at radius 3 is 0.950 bits per heavy atom. The summed E-state index contributed by atoms with van der Waals surface area (Å²) in [4.78, 5) is 17.0. The van der Waals surface area contributed by atoms with E-state index in [-0.39, 0.29) is 38.0 Å². The molecule has 20 heavy (non-hydrogen) atoms. The predicted octanol–water partition coefficient (Wildman–Crippen LogP) is -2.66. The van der Waals surface area contributed by atoms with Gasteiger partial charge in [0.25, 0.3) is 0 Å². The number of rotatable bonds is 4. The summed E-state index contributed by atoms with van der Waals surface area (Å²) < 4.78 is 10.2. The standard InChI is InChI=1S/2C5H14NO.2ClH.O3Si/c2*1-6(2,3)4-5-7;;;1-4(2)3/h2*7H,4-5H2,1-3H3;2*1H;/q2*+1;;;-2. The molecule has 0 radical (unpaired) electrons. The van der Waals surface area contributed by atoms with Crippen LogP contribution < -0.4 is 9.59 Å². The summed E-state index contributed by atoms with van der Waals surface area (Å²) in [7, 11) is 8.68. The highest BCUT2D eigenvalue weighted by Gasteiger charge is 2.02. The van der Waals surface area contributed by atoms with Gasteiger partial charge in [0.15, 0.2) is 0 Å². The average Bonchev–Trinajstić information content (AvgIpc) is 1.97. The number of aliphatic hydroxyl groups excluding tert-OH is 2. The SMILES string of the molecule is C[N+](C)(C)CCO.C[N+](C)(C)CCO.Cl.Cl.O=[Si]([O-])[O-]. The van der Waals surface area contributed by atoms with E-state index < -0.39 is 9.17 Å². The van der Waals surface area contributed by atoms with Crippen molar-refractivity contribution in [3.8, 4) is 0 Å². The van der Waals surface area contributed by atoms with Crippen molar-refractivity contribution in [2.24, 2.45) is 0 Å². The van der Waals surface area contributed by atoms with E-state index in [0.29, 0.717) is 0 Å². The van der Waals surface area contributed by atoms with Gasteiger partial charge in [-0.05, 0) is 0 Å². The summed E-state index contributed by atoms with van der Waals surface area (Å²) in [6.07, 6.45) is 0. The first kappa shape index (κ1) is 32.1. The monoisotopic (exact) mass is 356 g/mol. The van der Waals surface area contributed by atoms with Gasteiger partial charge in [0, 0.05) is 9.17 Å². The van der Waals surface area contributed by atoms with Crippen molar-refractivity contribution in [2.75, 3.05) is 68.6 Å². The molecule has 0 aliphatic heterocycles. The molecule has 128 valence electrons. The lowest BCUT2D eigenvalue weighted by Crippen LogP contribution is -2.36. The van der Waals surface area contributed by atoms with Crippen LogP contribution in [-0.4, -0.2) is 96.9 Å². The fourth-order valence-corrected chi connectivity index (χ4v) is 0.600. The molecule has 7 nitrogen and oxygen atoms in total. The third-order valence-corrected chi connectivity index (χ3v) is 1.54. The molecular formula is C10H30Cl2N2O5Si. The first-order chi connectivity index (χ1) is 7.85. The van der Waals surface area contributed by atoms with Crippen molar-refractivity contribution in [1.29, 1.82) is 0 Å². The lowest BCUT2D eigenvalue weighted by atomic mass is 10.5. The zero-order valence-corrected chi connectivity index (χ0v) is 15.8. The lowest BCUT2D eigenvalue weighted by Gasteiger charge is -2.21. The van der Waals surface area contributed by atoms with Crippen LogP contribution in [0.5, 0.6) is 0 Å². The van der Waals surface area contributed by atoms with Crippen LogP contribution in [0.2, 0.25) is 0 Å². The second kappa shape index (κ2) is 17.1. The Kier molecular flexibility index (Phi) is 27.4. The van der Waals surface area contributed by atoms with E-state index in [1.54, 1.807) is 0 Å². The van der Waals surface area contributed by atoms with Crippen LogP contribution in [0.1, 0.15) is 0 Å². The Morgan fingerprint density at radius 1 is 0.800 bits per heavy atom. The Hall–Kier alpha value is 0.0369. The van der Waals surface area contributed by atoms with Crippen molar-refractivity contribution < 1.29 is 33.2 Å². The molecule has 0 spiro atoms. The maximum Gasteiger partial charge on any atom is 0.101 e. The van der Waals surface area contributed by atoms with Gasteiger partial charge in [-0.3, -0.25) is 0 Å². The molecule has 0 aliphatic carbocycles. The van der Waals surface area contributed by atoms with Crippen molar-refractivity contribution in [3.63, 3.8) is 0 Å². The third-order valence-electron chi connectivity index (χ3n) is 1.54. The van der Waals surface area contributed by atoms with E-state index in [2.05, 4.69) is 42.3 Å². The van der Waals surface area contributed by atoms with Crippen molar-refractivity contribution >= 4 is 34.0 Å². The van der Waals surface area contributed by atoms with Gasteiger partial charge in [-0.1, -0.05) is 0 Å². The second-order valence-electron chi connectivity index (χ2n) is 5.73. The molecular weight excluding hydrogens is 327 g/mol. The van der Waals surface area contributed by atoms with Crippen LogP contribution in [0, 0.1) is 0 Å². The smallest absolute Gasteiger partial charge is 0.101 e. The summed E-state index contributed by atoms with van der Waals surface area (Å²) in [6.45, 7) is 2.23. The average molecular weight is 357 g/mol. The zero-order valence-electron chi connectivity index (χ0n) is 13.2. The van der Waals surface area contributed by atoms with E-state index in [9.17, 15) is 0 Å². The normalized spacial score (nSPS) is 9.60. The largest absolute Gasteiger partial charge is 0.672 e. The quantitative estimate of drug-likeness (QED) is 0.422. The van der Waals surface area contributed by atoms with E-state index in [1.807, 2.05) is 0 Å². The molecule has 0 rings (SSSR count). The topological polar surface area (TPSA) is 104 Å². The number of hydrogen-bond acceptors (Lipinski definition) is 5. The first-order valence-electron chi connectivity index (χ1n) is 5.56. The van der Waals surface area contributed by atoms with Crippen molar-refractivity contribution in [1.82, 2.24) is 0 Å². The Bertz CT molecular complexity index is 191. The van der Waals surface area contributed by atoms with Gasteiger partial charge in [0.05, 0.1) is 55.5 Å². The molecule has 0 unspecified atom stereocenters. The van der Waals surface area contributed by atoms with Crippen molar-refractivity contribution in [3.05, 3.63) is 0 Å². The Labute approximate surface area is 136 Å². The lowest BCUT2D eigenvalue weighted by molar-refractivity contribution is -0.870. The summed E-state index contributed by atoms with van der Waals surface area (Å²) in [6, 6.07) is 0. The molecule has 0 bridgehead atoms. The van der Waals surface area contributed by atoms with Gasteiger partial charge in [-0.2, -0.15) is 0 Å². The van der Waals surface area contributed by atoms with Crippen LogP contribution in [0.3, 0.4) is 0 Å². The molecule has 0 aromatic carbocycles. The van der Waals surface area contributed by atoms with Gasteiger partial charge in [-0.25, -0.2) is 0 Å². The summed E-state index contributed by atoms with van der Waals surface area (Å²) in [5.74, 6) is 0. The minimum atomic E-state index is -3.63. The third kappa shape index (κ3) is 81.1. The maximum absolute atomic E-state index is 8.52. The van der Waals surface area contributed by atoms with E-state index in [4.69, 9.17) is 24.3 Å². The number of likely N-dealkylation sites (N-methyl/N-ethyl adjacent to an activating group) is 2. The fourth-order valence-electron chi connectivity index (χ4n) is 0.600.